The molecule has 0 aliphatic rings. The lowest BCUT2D eigenvalue weighted by Crippen LogP contribution is -1.85. The van der Waals surface area contributed by atoms with Crippen LogP contribution in [0.5, 0.6) is 0 Å². The quantitative estimate of drug-likeness (QED) is 0.573. The average molecular weight is 263 g/mol. The zero-order valence-corrected chi connectivity index (χ0v) is 10.7. The van der Waals surface area contributed by atoms with Gasteiger partial charge in [-0.1, -0.05) is 30.3 Å². The van der Waals surface area contributed by atoms with Gasteiger partial charge < -0.3 is 10.5 Å². The summed E-state index contributed by atoms with van der Waals surface area (Å²) >= 11 is 0. The molecule has 0 aliphatic carbocycles. The number of para-hydroxylation sites is 3. The number of aromatic nitrogens is 3. The molecule has 2 aromatic carbocycles. The van der Waals surface area contributed by atoms with E-state index in [0.717, 1.165) is 33.3 Å². The van der Waals surface area contributed by atoms with Crippen molar-refractivity contribution < 1.29 is 5.48 Å². The van der Waals surface area contributed by atoms with Crippen molar-refractivity contribution in [3.05, 3.63) is 60.8 Å². The lowest BCUT2D eigenvalue weighted by atomic mass is 10.1. The molecule has 0 bridgehead atoms. The van der Waals surface area contributed by atoms with E-state index >= 15 is 0 Å². The Bertz CT molecular complexity index is 845. The summed E-state index contributed by atoms with van der Waals surface area (Å²) in [5, 5.41) is 1.11. The number of rotatable bonds is 1. The highest BCUT2D eigenvalue weighted by molar-refractivity contribution is 5.94. The topological polar surface area (TPSA) is 73.1 Å². The highest BCUT2D eigenvalue weighted by Gasteiger charge is 2.08. The van der Waals surface area contributed by atoms with E-state index in [1.165, 1.54) is 0 Å². The molecule has 4 nitrogen and oxygen atoms in total. The van der Waals surface area contributed by atoms with E-state index in [1.807, 2.05) is 54.7 Å². The van der Waals surface area contributed by atoms with E-state index in [1.54, 1.807) is 0 Å². The molecular formula is C16H13N3O. The van der Waals surface area contributed by atoms with Gasteiger partial charge in [0.05, 0.1) is 16.6 Å². The number of hydrogen-bond acceptors (Lipinski definition) is 2. The normalized spacial score (nSPS) is 10.6. The lowest BCUT2D eigenvalue weighted by Gasteiger charge is -2.02. The molecule has 4 heteroatoms. The number of nitrogens with zero attached hydrogens (tertiary/aromatic N) is 2. The van der Waals surface area contributed by atoms with Crippen molar-refractivity contribution in [2.75, 3.05) is 0 Å². The summed E-state index contributed by atoms with van der Waals surface area (Å²) in [5.41, 5.74) is 4.11. The van der Waals surface area contributed by atoms with Crippen molar-refractivity contribution in [3.8, 4) is 11.4 Å². The number of benzene rings is 2. The van der Waals surface area contributed by atoms with Crippen LogP contribution in [0.15, 0.2) is 60.8 Å². The first-order valence-electron chi connectivity index (χ1n) is 6.21. The van der Waals surface area contributed by atoms with E-state index in [-0.39, 0.29) is 5.48 Å². The first kappa shape index (κ1) is 12.3. The second-order valence-electron chi connectivity index (χ2n) is 4.48. The molecule has 0 saturated heterocycles. The summed E-state index contributed by atoms with van der Waals surface area (Å²) in [7, 11) is 0. The van der Waals surface area contributed by atoms with Gasteiger partial charge in [0.2, 0.25) is 0 Å². The number of hydrogen-bond donors (Lipinski definition) is 1. The Morgan fingerprint density at radius 1 is 0.800 bits per heavy atom. The Hall–Kier alpha value is -2.72. The van der Waals surface area contributed by atoms with Crippen LogP contribution in [0.3, 0.4) is 0 Å². The van der Waals surface area contributed by atoms with Gasteiger partial charge in [0, 0.05) is 17.1 Å². The summed E-state index contributed by atoms with van der Waals surface area (Å²) in [6.07, 6.45) is 1.82. The minimum absolute atomic E-state index is 0. The zero-order valence-electron chi connectivity index (χ0n) is 10.7. The number of nitrogens with one attached hydrogen (secondary N) is 1. The van der Waals surface area contributed by atoms with E-state index in [2.05, 4.69) is 21.0 Å². The fraction of sp³-hybridized carbons (Fsp3) is 0. The maximum absolute atomic E-state index is 4.65. The lowest BCUT2D eigenvalue weighted by molar-refractivity contribution is 0.824. The summed E-state index contributed by atoms with van der Waals surface area (Å²) < 4.78 is 0. The molecule has 98 valence electrons. The summed E-state index contributed by atoms with van der Waals surface area (Å²) in [5.74, 6) is 0.889. The average Bonchev–Trinajstić information content (AvgIpc) is 2.90. The minimum atomic E-state index is 0. The second kappa shape index (κ2) is 4.75. The Balaban J connectivity index is 0.00000121. The van der Waals surface area contributed by atoms with E-state index in [4.69, 9.17) is 0 Å². The van der Waals surface area contributed by atoms with Crippen molar-refractivity contribution >= 4 is 21.9 Å². The van der Waals surface area contributed by atoms with Gasteiger partial charge in [-0.3, -0.25) is 4.98 Å². The van der Waals surface area contributed by atoms with Crippen LogP contribution >= 0.6 is 0 Å². The van der Waals surface area contributed by atoms with Crippen LogP contribution in [0, 0.1) is 0 Å². The third-order valence-corrected chi connectivity index (χ3v) is 3.29. The summed E-state index contributed by atoms with van der Waals surface area (Å²) in [4.78, 5) is 12.4. The molecular weight excluding hydrogens is 250 g/mol. The van der Waals surface area contributed by atoms with Crippen molar-refractivity contribution in [3.63, 3.8) is 0 Å². The maximum Gasteiger partial charge on any atom is 0.139 e. The molecule has 0 radical (unpaired) electrons. The van der Waals surface area contributed by atoms with Crippen molar-refractivity contribution in [1.82, 2.24) is 15.0 Å². The Morgan fingerprint density at radius 3 is 2.40 bits per heavy atom. The molecule has 0 spiro atoms. The number of fused-ring (bicyclic) bond motifs is 2. The smallest absolute Gasteiger partial charge is 0.139 e. The third-order valence-electron chi connectivity index (χ3n) is 3.29. The van der Waals surface area contributed by atoms with E-state index in [0.29, 0.717) is 0 Å². The largest absolute Gasteiger partial charge is 0.412 e. The standard InChI is InChI=1S/C16H11N3.H2O/c1-2-6-13-11(5-1)12(9-10-17-13)16-18-14-7-3-4-8-15(14)19-16;/h1-10H,(H,18,19);1H2. The molecule has 0 fully saturated rings. The Kier molecular flexibility index (Phi) is 2.93. The van der Waals surface area contributed by atoms with Crippen LogP contribution in [-0.4, -0.2) is 20.4 Å². The van der Waals surface area contributed by atoms with Gasteiger partial charge in [0.15, 0.2) is 0 Å². The highest BCUT2D eigenvalue weighted by atomic mass is 16.0. The number of imidazole rings is 1. The Labute approximate surface area is 115 Å². The molecule has 0 saturated carbocycles. The highest BCUT2D eigenvalue weighted by Crippen LogP contribution is 2.26. The van der Waals surface area contributed by atoms with Gasteiger partial charge in [-0.15, -0.1) is 0 Å². The molecule has 0 atom stereocenters. The molecule has 2 heterocycles. The SMILES string of the molecule is O.c1ccc2[nH]c(-c3ccnc4ccccc34)nc2c1. The Morgan fingerprint density at radius 2 is 1.55 bits per heavy atom. The van der Waals surface area contributed by atoms with Gasteiger partial charge in [0.1, 0.15) is 5.82 Å². The number of pyridine rings is 1. The fourth-order valence-corrected chi connectivity index (χ4v) is 2.38. The monoisotopic (exact) mass is 263 g/mol. The van der Waals surface area contributed by atoms with Crippen LogP contribution in [0.1, 0.15) is 0 Å². The van der Waals surface area contributed by atoms with E-state index in [9.17, 15) is 0 Å². The molecule has 2 aromatic heterocycles. The van der Waals surface area contributed by atoms with Crippen LogP contribution in [0.25, 0.3) is 33.3 Å². The molecule has 20 heavy (non-hydrogen) atoms. The predicted octanol–water partition coefficient (Wildman–Crippen LogP) is 2.95. The van der Waals surface area contributed by atoms with Crippen molar-refractivity contribution in [2.45, 2.75) is 0 Å². The molecule has 4 rings (SSSR count). The van der Waals surface area contributed by atoms with Gasteiger partial charge in [0.25, 0.3) is 0 Å². The van der Waals surface area contributed by atoms with Crippen molar-refractivity contribution in [1.29, 1.82) is 0 Å². The maximum atomic E-state index is 4.65. The van der Waals surface area contributed by atoms with Gasteiger partial charge in [-0.05, 0) is 24.3 Å². The molecule has 0 amide bonds. The molecule has 3 N–H and O–H groups in total. The third kappa shape index (κ3) is 1.83. The molecule has 4 aromatic rings. The van der Waals surface area contributed by atoms with Crippen molar-refractivity contribution in [2.24, 2.45) is 0 Å². The second-order valence-corrected chi connectivity index (χ2v) is 4.48. The van der Waals surface area contributed by atoms with Crippen LogP contribution in [0.4, 0.5) is 0 Å². The van der Waals surface area contributed by atoms with E-state index < -0.39 is 0 Å². The van der Waals surface area contributed by atoms with Gasteiger partial charge in [-0.2, -0.15) is 0 Å². The predicted molar refractivity (Wildman–Crippen MR) is 80.4 cm³/mol. The van der Waals surface area contributed by atoms with Crippen LogP contribution in [0.2, 0.25) is 0 Å². The summed E-state index contributed by atoms with van der Waals surface area (Å²) in [6, 6.07) is 18.2. The first-order chi connectivity index (χ1) is 9.42. The minimum Gasteiger partial charge on any atom is -0.412 e. The van der Waals surface area contributed by atoms with Gasteiger partial charge in [-0.25, -0.2) is 4.98 Å². The number of aromatic amines is 1. The molecule has 0 unspecified atom stereocenters. The zero-order chi connectivity index (χ0) is 12.7. The molecule has 0 aliphatic heterocycles. The first-order valence-corrected chi connectivity index (χ1v) is 6.21. The van der Waals surface area contributed by atoms with Crippen LogP contribution < -0.4 is 0 Å². The fourth-order valence-electron chi connectivity index (χ4n) is 2.38. The van der Waals surface area contributed by atoms with Crippen LogP contribution in [-0.2, 0) is 0 Å². The summed E-state index contributed by atoms with van der Waals surface area (Å²) in [6.45, 7) is 0. The number of H-pyrrole nitrogens is 1. The van der Waals surface area contributed by atoms with Gasteiger partial charge >= 0.3 is 0 Å².